The molecule has 0 fully saturated rings. The molecule has 0 atom stereocenters. The molecule has 48 heavy (non-hydrogen) atoms. The summed E-state index contributed by atoms with van der Waals surface area (Å²) in [5.41, 5.74) is 9.71. The number of rotatable bonds is 4. The van der Waals surface area contributed by atoms with E-state index in [0.29, 0.717) is 0 Å². The summed E-state index contributed by atoms with van der Waals surface area (Å²) in [4.78, 5) is 10.0. The molecule has 9 rings (SSSR count). The molecule has 0 saturated heterocycles. The zero-order valence-electron chi connectivity index (χ0n) is 27.4. The number of aryl methyl sites for hydroxylation is 1. The lowest BCUT2D eigenvalue weighted by atomic mass is 9.86. The van der Waals surface area contributed by atoms with Gasteiger partial charge in [-0.05, 0) is 83.4 Å². The minimum Gasteiger partial charge on any atom is -0.457 e. The highest BCUT2D eigenvalue weighted by atomic mass is 16.5. The van der Waals surface area contributed by atoms with Crippen molar-refractivity contribution in [3.63, 3.8) is 0 Å². The van der Waals surface area contributed by atoms with Crippen LogP contribution >= 0.6 is 0 Å². The van der Waals surface area contributed by atoms with Crippen molar-refractivity contribution in [3.8, 4) is 28.4 Å². The van der Waals surface area contributed by atoms with E-state index in [-0.39, 0.29) is 5.41 Å². The van der Waals surface area contributed by atoms with Crippen LogP contribution in [0.1, 0.15) is 31.9 Å². The van der Waals surface area contributed by atoms with Crippen LogP contribution in [0.15, 0.2) is 134 Å². The third-order valence-corrected chi connectivity index (χ3v) is 9.52. The molecule has 0 unspecified atom stereocenters. The molecule has 0 spiro atoms. The predicted octanol–water partition coefficient (Wildman–Crippen LogP) is 11.2. The van der Waals surface area contributed by atoms with Crippen LogP contribution in [0.4, 0.5) is 0 Å². The highest BCUT2D eigenvalue weighted by Gasteiger charge is 2.19. The maximum Gasteiger partial charge on any atom is 0.146 e. The van der Waals surface area contributed by atoms with Gasteiger partial charge in [-0.3, -0.25) is 8.97 Å². The molecule has 0 saturated carbocycles. The average molecular weight is 623 g/mol. The summed E-state index contributed by atoms with van der Waals surface area (Å²) in [7, 11) is 0. The first-order valence-corrected chi connectivity index (χ1v) is 16.4. The van der Waals surface area contributed by atoms with E-state index in [1.165, 1.54) is 21.9 Å². The van der Waals surface area contributed by atoms with Gasteiger partial charge in [-0.15, -0.1) is 0 Å². The summed E-state index contributed by atoms with van der Waals surface area (Å²) < 4.78 is 11.1. The van der Waals surface area contributed by atoms with Gasteiger partial charge in [-0.1, -0.05) is 81.4 Å². The van der Waals surface area contributed by atoms with Crippen LogP contribution in [-0.2, 0) is 5.41 Å². The van der Waals surface area contributed by atoms with Crippen molar-refractivity contribution in [1.29, 1.82) is 0 Å². The van der Waals surface area contributed by atoms with E-state index in [4.69, 9.17) is 14.7 Å². The van der Waals surface area contributed by atoms with E-state index < -0.39 is 0 Å². The van der Waals surface area contributed by atoms with Crippen molar-refractivity contribution in [1.82, 2.24) is 18.9 Å². The zero-order chi connectivity index (χ0) is 32.6. The SMILES string of the molecule is Cc1ccccc1-c1cn2c3ccccc3c3ccc(Oc4cccc(-n5c6cc(C(C)(C)C)ccc6c6cccnc65)c4)cc3c2n1. The molecule has 0 aliphatic carbocycles. The molecule has 4 heterocycles. The van der Waals surface area contributed by atoms with Crippen LogP contribution in [0.3, 0.4) is 0 Å². The number of para-hydroxylation sites is 1. The lowest BCUT2D eigenvalue weighted by molar-refractivity contribution is 0.483. The van der Waals surface area contributed by atoms with Crippen LogP contribution < -0.4 is 4.74 Å². The fourth-order valence-corrected chi connectivity index (χ4v) is 7.06. The first-order chi connectivity index (χ1) is 23.3. The van der Waals surface area contributed by atoms with Crippen LogP contribution in [-0.4, -0.2) is 18.9 Å². The molecular weight excluding hydrogens is 589 g/mol. The third kappa shape index (κ3) is 4.46. The van der Waals surface area contributed by atoms with Crippen LogP contribution in [0, 0.1) is 6.92 Å². The van der Waals surface area contributed by atoms with Crippen molar-refractivity contribution in [2.45, 2.75) is 33.1 Å². The van der Waals surface area contributed by atoms with E-state index in [1.54, 1.807) is 0 Å². The van der Waals surface area contributed by atoms with E-state index in [1.807, 2.05) is 18.3 Å². The molecule has 0 amide bonds. The van der Waals surface area contributed by atoms with Crippen molar-refractivity contribution in [2.24, 2.45) is 0 Å². The highest BCUT2D eigenvalue weighted by Crippen LogP contribution is 2.37. The summed E-state index contributed by atoms with van der Waals surface area (Å²) in [6.07, 6.45) is 4.02. The number of pyridine rings is 2. The molecule has 0 aliphatic rings. The summed E-state index contributed by atoms with van der Waals surface area (Å²) in [6, 6.07) is 42.5. The normalized spacial score (nSPS) is 12.2. The summed E-state index contributed by atoms with van der Waals surface area (Å²) in [5, 5.41) is 5.69. The average Bonchev–Trinajstić information content (AvgIpc) is 3.69. The molecule has 0 radical (unpaired) electrons. The molecule has 0 aliphatic heterocycles. The number of imidazole rings is 1. The van der Waals surface area contributed by atoms with Crippen LogP contribution in [0.25, 0.3) is 66.2 Å². The van der Waals surface area contributed by atoms with Crippen molar-refractivity contribution in [3.05, 3.63) is 145 Å². The predicted molar refractivity (Wildman–Crippen MR) is 198 cm³/mol. The molecule has 9 aromatic rings. The monoisotopic (exact) mass is 622 g/mol. The van der Waals surface area contributed by atoms with E-state index in [0.717, 1.165) is 66.9 Å². The third-order valence-electron chi connectivity index (χ3n) is 9.52. The molecular formula is C43H34N4O. The van der Waals surface area contributed by atoms with Gasteiger partial charge in [0.1, 0.15) is 22.8 Å². The molecule has 5 aromatic carbocycles. The van der Waals surface area contributed by atoms with Crippen molar-refractivity contribution >= 4 is 49.3 Å². The molecule has 0 bridgehead atoms. The highest BCUT2D eigenvalue weighted by molar-refractivity contribution is 6.12. The van der Waals surface area contributed by atoms with E-state index in [9.17, 15) is 0 Å². The van der Waals surface area contributed by atoms with Gasteiger partial charge in [-0.2, -0.15) is 0 Å². The number of fused-ring (bicyclic) bond motifs is 9. The fourth-order valence-electron chi connectivity index (χ4n) is 7.06. The lowest BCUT2D eigenvalue weighted by Gasteiger charge is -2.19. The smallest absolute Gasteiger partial charge is 0.146 e. The molecule has 5 heteroatoms. The molecule has 0 N–H and O–H groups in total. The lowest BCUT2D eigenvalue weighted by Crippen LogP contribution is -2.10. The number of nitrogens with zero attached hydrogens (tertiary/aromatic N) is 4. The summed E-state index contributed by atoms with van der Waals surface area (Å²) in [5.74, 6) is 1.51. The Morgan fingerprint density at radius 3 is 2.25 bits per heavy atom. The van der Waals surface area contributed by atoms with Gasteiger partial charge in [0.15, 0.2) is 0 Å². The Hall–Kier alpha value is -5.94. The number of hydrogen-bond acceptors (Lipinski definition) is 3. The van der Waals surface area contributed by atoms with Gasteiger partial charge >= 0.3 is 0 Å². The Kier molecular flexibility index (Phi) is 6.21. The summed E-state index contributed by atoms with van der Waals surface area (Å²) >= 11 is 0. The van der Waals surface area contributed by atoms with Crippen molar-refractivity contribution in [2.75, 3.05) is 0 Å². The van der Waals surface area contributed by atoms with Crippen LogP contribution in [0.2, 0.25) is 0 Å². The second kappa shape index (κ2) is 10.5. The van der Waals surface area contributed by atoms with Gasteiger partial charge < -0.3 is 4.74 Å². The Labute approximate surface area is 278 Å². The Morgan fingerprint density at radius 2 is 1.38 bits per heavy atom. The van der Waals surface area contributed by atoms with Crippen LogP contribution in [0.5, 0.6) is 11.5 Å². The van der Waals surface area contributed by atoms with Gasteiger partial charge in [-0.25, -0.2) is 9.97 Å². The van der Waals surface area contributed by atoms with Gasteiger partial charge in [0.2, 0.25) is 0 Å². The number of ether oxygens (including phenoxy) is 1. The van der Waals surface area contributed by atoms with Gasteiger partial charge in [0.25, 0.3) is 0 Å². The van der Waals surface area contributed by atoms with Gasteiger partial charge in [0.05, 0.1) is 22.4 Å². The maximum atomic E-state index is 6.63. The second-order valence-electron chi connectivity index (χ2n) is 13.7. The first-order valence-electron chi connectivity index (χ1n) is 16.4. The Morgan fingerprint density at radius 1 is 0.604 bits per heavy atom. The topological polar surface area (TPSA) is 44.4 Å². The largest absolute Gasteiger partial charge is 0.457 e. The van der Waals surface area contributed by atoms with Crippen molar-refractivity contribution < 1.29 is 4.74 Å². The molecule has 4 aromatic heterocycles. The summed E-state index contributed by atoms with van der Waals surface area (Å²) in [6.45, 7) is 8.89. The fraction of sp³-hybridized carbons (Fsp3) is 0.116. The first kappa shape index (κ1) is 28.3. The van der Waals surface area contributed by atoms with E-state index >= 15 is 0 Å². The quantitative estimate of drug-likeness (QED) is 0.183. The van der Waals surface area contributed by atoms with E-state index in [2.05, 4.69) is 152 Å². The van der Waals surface area contributed by atoms with Gasteiger partial charge in [0, 0.05) is 45.6 Å². The number of hydrogen-bond donors (Lipinski definition) is 0. The Balaban J connectivity index is 1.18. The molecule has 5 nitrogen and oxygen atoms in total. The Bertz CT molecular complexity index is 2710. The standard InChI is InChI=1S/C43H34N4O/c1-27-11-5-6-14-32(27)38-26-46-39-17-8-7-15-34(39)33-21-19-31(25-37(33)42(46)45-38)48-30-13-9-12-29(24-30)47-40-23-28(43(2,3)4)18-20-35(40)36-16-10-22-44-41(36)47/h5-26H,1-4H3. The minimum atomic E-state index is 0.0240. The zero-order valence-corrected chi connectivity index (χ0v) is 27.4. The second-order valence-corrected chi connectivity index (χ2v) is 13.7. The number of benzene rings is 5. The molecule has 232 valence electrons. The number of aromatic nitrogens is 4. The maximum absolute atomic E-state index is 6.63. The minimum absolute atomic E-state index is 0.0240.